The molecule has 1 aliphatic rings. The number of benzene rings is 6. The molecule has 2 radical (unpaired) electrons. The highest BCUT2D eigenvalue weighted by Crippen LogP contribution is 2.37. The number of hydrazine groups is 3. The topological polar surface area (TPSA) is 262 Å². The Balaban J connectivity index is 0.000000377. The van der Waals surface area contributed by atoms with Crippen LogP contribution in [-0.2, 0) is 9.31 Å². The van der Waals surface area contributed by atoms with Crippen LogP contribution in [0.15, 0.2) is 109 Å². The molecule has 8 N–H and O–H groups in total. The Labute approximate surface area is 634 Å². The quantitative estimate of drug-likeness (QED) is 0.0166. The molecular weight excluding hydrogens is 1370 g/mol. The number of hydrogen-bond donors (Lipinski definition) is 7. The minimum Gasteiger partial charge on any atom is -0.423 e. The fraction of sp³-hybridized carbons (Fsp3) is 0.481. The molecule has 3 atom stereocenters. The number of nitrogens with two attached hydrogens (primary N) is 1. The first-order valence-corrected chi connectivity index (χ1v) is 35.8. The maximum absolute atomic E-state index is 15.3. The van der Waals surface area contributed by atoms with Crippen LogP contribution < -0.4 is 33.1 Å². The summed E-state index contributed by atoms with van der Waals surface area (Å²) < 4.78 is 54.5. The predicted molar refractivity (Wildman–Crippen MR) is 419 cm³/mol. The lowest BCUT2D eigenvalue weighted by molar-refractivity contribution is -0.107. The molecule has 0 saturated carbocycles. The number of nitrogens with zero attached hydrogens (tertiary/aromatic N) is 3. The van der Waals surface area contributed by atoms with E-state index in [0.29, 0.717) is 35.0 Å². The van der Waals surface area contributed by atoms with Gasteiger partial charge in [0.2, 0.25) is 0 Å². The molecule has 576 valence electrons. The third kappa shape index (κ3) is 26.0. The zero-order chi connectivity index (χ0) is 81.7. The van der Waals surface area contributed by atoms with Gasteiger partial charge in [-0.2, -0.15) is 0 Å². The fourth-order valence-electron chi connectivity index (χ4n) is 11.7. The lowest BCUT2D eigenvalue weighted by atomic mass is 9.78. The molecule has 1 fully saturated rings. The zero-order valence-corrected chi connectivity index (χ0v) is 67.7. The van der Waals surface area contributed by atoms with Gasteiger partial charge >= 0.3 is 14.2 Å². The molecular formula is C81H113B3ClF3N6O12. The van der Waals surface area contributed by atoms with Gasteiger partial charge < -0.3 is 29.6 Å². The molecule has 6 aromatic rings. The van der Waals surface area contributed by atoms with E-state index in [2.05, 4.69) is 44.6 Å². The maximum Gasteiger partial charge on any atom is 0.494 e. The molecule has 0 aromatic heterocycles. The van der Waals surface area contributed by atoms with Crippen LogP contribution in [0.3, 0.4) is 0 Å². The number of halogens is 4. The van der Waals surface area contributed by atoms with Crippen LogP contribution in [-0.4, -0.2) is 133 Å². The Morgan fingerprint density at radius 3 is 1.09 bits per heavy atom. The lowest BCUT2D eigenvalue weighted by Crippen LogP contribution is -2.56. The largest absolute Gasteiger partial charge is 0.494 e. The molecule has 0 unspecified atom stereocenters. The van der Waals surface area contributed by atoms with Crippen LogP contribution in [0.4, 0.5) is 13.2 Å². The summed E-state index contributed by atoms with van der Waals surface area (Å²) in [6.45, 7) is 49.8. The van der Waals surface area contributed by atoms with Gasteiger partial charge in [-0.15, -0.1) is 0 Å². The first-order valence-electron chi connectivity index (χ1n) is 35.5. The van der Waals surface area contributed by atoms with E-state index in [1.54, 1.807) is 58.0 Å². The smallest absolute Gasteiger partial charge is 0.423 e. The molecule has 25 heteroatoms. The molecule has 7 rings (SSSR count). The zero-order valence-electron chi connectivity index (χ0n) is 67.0. The Morgan fingerprint density at radius 2 is 0.811 bits per heavy atom. The average Bonchev–Trinajstić information content (AvgIpc) is 1.34. The number of aliphatic hydroxyl groups is 2. The van der Waals surface area contributed by atoms with Gasteiger partial charge in [0.25, 0.3) is 34.8 Å². The van der Waals surface area contributed by atoms with Gasteiger partial charge in [-0.05, 0) is 228 Å². The normalized spacial score (nSPS) is 14.1. The van der Waals surface area contributed by atoms with Crippen molar-refractivity contribution >= 4 is 84.9 Å². The summed E-state index contributed by atoms with van der Waals surface area (Å²) >= 11 is 5.04. The van der Waals surface area contributed by atoms with Crippen molar-refractivity contribution in [2.24, 2.45) is 22.1 Å². The van der Waals surface area contributed by atoms with Crippen LogP contribution in [0.5, 0.6) is 0 Å². The second-order valence-corrected chi connectivity index (χ2v) is 32.9. The van der Waals surface area contributed by atoms with Gasteiger partial charge in [0, 0.05) is 16.7 Å². The van der Waals surface area contributed by atoms with E-state index in [0.717, 1.165) is 58.0 Å². The highest BCUT2D eigenvalue weighted by Gasteiger charge is 2.52. The van der Waals surface area contributed by atoms with E-state index in [4.69, 9.17) is 44.8 Å². The molecule has 1 saturated heterocycles. The summed E-state index contributed by atoms with van der Waals surface area (Å²) in [4.78, 5) is 76.3. The minimum atomic E-state index is -1.85. The highest BCUT2D eigenvalue weighted by molar-refractivity contribution is 6.67. The second-order valence-electron chi connectivity index (χ2n) is 32.5. The van der Waals surface area contributed by atoms with Crippen molar-refractivity contribution in [2.45, 2.75) is 240 Å². The van der Waals surface area contributed by atoms with Gasteiger partial charge in [-0.25, -0.2) is 29.0 Å². The van der Waals surface area contributed by atoms with E-state index in [9.17, 15) is 47.6 Å². The van der Waals surface area contributed by atoms with Crippen LogP contribution in [0, 0.1) is 75.2 Å². The number of carbonyl (C=O) groups excluding carboxylic acids is 6. The Morgan fingerprint density at radius 1 is 0.500 bits per heavy atom. The van der Waals surface area contributed by atoms with E-state index in [-0.39, 0.29) is 79.7 Å². The number of amides is 5. The van der Waals surface area contributed by atoms with Crippen LogP contribution in [0.25, 0.3) is 0 Å². The lowest BCUT2D eigenvalue weighted by Gasteiger charge is -2.39. The monoisotopic (exact) mass is 1490 g/mol. The summed E-state index contributed by atoms with van der Waals surface area (Å²) in [5.41, 5.74) is 8.98. The van der Waals surface area contributed by atoms with E-state index >= 15 is 4.39 Å². The summed E-state index contributed by atoms with van der Waals surface area (Å²) in [5.74, 6) is 1.44. The van der Waals surface area contributed by atoms with E-state index in [1.807, 2.05) is 149 Å². The van der Waals surface area contributed by atoms with Gasteiger partial charge in [0.05, 0.1) is 57.2 Å². The second kappa shape index (κ2) is 37.4. The van der Waals surface area contributed by atoms with Crippen LogP contribution in [0.1, 0.15) is 253 Å². The molecule has 18 nitrogen and oxygen atoms in total. The van der Waals surface area contributed by atoms with Crippen molar-refractivity contribution in [1.29, 1.82) is 0 Å². The standard InChI is InChI=1S/C29H40BFN2O4.C23H30BFN2O4.C16H26N2O.C7H3BClFO.C6H14O2/c1-11-24(27(4,5)6)33(26(35)20-15-18(2)14-19(3)16-20)32-25(34)22-13-12-21(17-23(22)31)30-36-28(7,8)29(9,10)37-30;1-7-20(23(4,5)6)27(22(29)16-11-14(2)10-15(3)12-16)26-21(28)18-9-8-17(24(30)31)13-19(18)25;1-7-14(16(4,5)6)18(17)15(19)13-9-11(2)8-12(3)10-13;8-4-1-2-5(7(9)11)6(10)3-4;1-5(2,7)6(3,4)8/h12-17,24H,11H2,1-10H3,(H,32,34);8-13,20,30-31H,7H2,1-6H3,(H,26,28);8-10,14H,7,17H2,1-6H3;1-3H;7-8H,1-4H3/t24-;20-;14-;;/m111../s1. The number of carbonyl (C=O) groups is 6. The Bertz CT molecular complexity index is 3980. The number of aryl methyl sites for hydroxylation is 6. The van der Waals surface area contributed by atoms with Gasteiger partial charge in [-0.3, -0.25) is 44.6 Å². The summed E-state index contributed by atoms with van der Waals surface area (Å²) in [6, 6.07) is 27.5. The first kappa shape index (κ1) is 92.5. The Kier molecular flexibility index (Phi) is 32.7. The van der Waals surface area contributed by atoms with Gasteiger partial charge in [0.1, 0.15) is 25.3 Å². The molecule has 0 aliphatic carbocycles. The van der Waals surface area contributed by atoms with Crippen molar-refractivity contribution in [3.63, 3.8) is 0 Å². The predicted octanol–water partition coefficient (Wildman–Crippen LogP) is 13.1. The third-order valence-electron chi connectivity index (χ3n) is 18.6. The number of rotatable bonds is 15. The van der Waals surface area contributed by atoms with Crippen molar-refractivity contribution in [2.75, 3.05) is 0 Å². The number of hydrogen-bond acceptors (Lipinski definition) is 13. The minimum absolute atomic E-state index is 0.0285. The molecule has 106 heavy (non-hydrogen) atoms. The molecule has 0 spiro atoms. The molecule has 1 heterocycles. The highest BCUT2D eigenvalue weighted by atomic mass is 35.5. The maximum atomic E-state index is 15.3. The number of nitrogens with one attached hydrogen (secondary N) is 2. The first-order chi connectivity index (χ1) is 48.3. The summed E-state index contributed by atoms with van der Waals surface area (Å²) in [7, 11) is 2.64. The summed E-state index contributed by atoms with van der Waals surface area (Å²) in [6.07, 6.45) is 2.01. The van der Waals surface area contributed by atoms with Crippen molar-refractivity contribution in [3.8, 4) is 0 Å². The average molecular weight is 1490 g/mol. The van der Waals surface area contributed by atoms with Gasteiger partial charge in [-0.1, -0.05) is 158 Å². The van der Waals surface area contributed by atoms with E-state index < -0.39 is 71.1 Å². The third-order valence-corrected chi connectivity index (χ3v) is 18.8. The molecule has 5 amide bonds. The SMILES string of the molecule is CC(C)(O)C(C)(C)O.CC[C@@H](N(N)C(=O)c1cc(C)cc(C)c1)C(C)(C)C.CC[C@@H](N(NC(=O)c1ccc(B(O)O)cc1F)C(=O)c1cc(C)cc(C)c1)C(C)(C)C.CC[C@@H](N(NC(=O)c1ccc(B2OC(C)(C)C(C)(C)O2)cc1F)C(=O)c1cc(C)cc(C)c1)C(C)(C)C.[B]c1ccc(C(=O)Cl)c(F)c1. The van der Waals surface area contributed by atoms with Crippen molar-refractivity contribution < 1.29 is 71.5 Å². The van der Waals surface area contributed by atoms with Crippen molar-refractivity contribution in [1.82, 2.24) is 25.9 Å². The molecule has 0 bridgehead atoms. The van der Waals surface area contributed by atoms with Crippen molar-refractivity contribution in [3.05, 3.63) is 193 Å². The van der Waals surface area contributed by atoms with Gasteiger partial charge in [0.15, 0.2) is 0 Å². The molecule has 6 aromatic carbocycles. The molecule has 1 aliphatic heterocycles. The Hall–Kier alpha value is -7.67. The van der Waals surface area contributed by atoms with Crippen LogP contribution in [0.2, 0.25) is 0 Å². The summed E-state index contributed by atoms with van der Waals surface area (Å²) in [5, 5.41) is 39.8. The van der Waals surface area contributed by atoms with E-state index in [1.165, 1.54) is 45.4 Å². The fourth-order valence-corrected chi connectivity index (χ4v) is 11.9. The van der Waals surface area contributed by atoms with Crippen LogP contribution >= 0.6 is 11.6 Å².